The van der Waals surface area contributed by atoms with E-state index in [1.165, 1.54) is 0 Å². The van der Waals surface area contributed by atoms with Crippen LogP contribution in [0.1, 0.15) is 26.2 Å². The Bertz CT molecular complexity index is 613. The maximum Gasteiger partial charge on any atom is 0.324 e. The minimum atomic E-state index is -3.29. The summed E-state index contributed by atoms with van der Waals surface area (Å²) in [6.07, 6.45) is 2.40. The van der Waals surface area contributed by atoms with E-state index >= 15 is 0 Å². The Morgan fingerprint density at radius 3 is 2.50 bits per heavy atom. The second-order valence-electron chi connectivity index (χ2n) is 5.53. The number of nitrogens with one attached hydrogen (secondary N) is 1. The van der Waals surface area contributed by atoms with Crippen LogP contribution in [0.4, 0.5) is 16.2 Å². The highest BCUT2D eigenvalue weighted by Gasteiger charge is 2.23. The van der Waals surface area contributed by atoms with Crippen molar-refractivity contribution in [3.63, 3.8) is 0 Å². The van der Waals surface area contributed by atoms with E-state index in [0.717, 1.165) is 25.1 Å². The average Bonchev–Trinajstić information content (AvgIpc) is 2.49. The predicted molar refractivity (Wildman–Crippen MR) is 88.7 cm³/mol. The number of carbonyl (C=O) groups is 1. The van der Waals surface area contributed by atoms with Crippen LogP contribution < -0.4 is 9.62 Å². The monoisotopic (exact) mass is 325 g/mol. The van der Waals surface area contributed by atoms with E-state index in [9.17, 15) is 13.2 Å². The first-order chi connectivity index (χ1) is 10.4. The molecule has 0 atom stereocenters. The number of benzene rings is 1. The van der Waals surface area contributed by atoms with Crippen molar-refractivity contribution in [2.45, 2.75) is 26.2 Å². The Morgan fingerprint density at radius 1 is 1.18 bits per heavy atom. The number of hydrogen-bond acceptors (Lipinski definition) is 3. The summed E-state index contributed by atoms with van der Waals surface area (Å²) in [6, 6.07) is 6.91. The van der Waals surface area contributed by atoms with E-state index in [1.54, 1.807) is 41.1 Å². The number of unbranched alkanes of at least 4 members (excludes halogenated alkanes) is 1. The summed E-state index contributed by atoms with van der Waals surface area (Å²) in [5.41, 5.74) is 1.31. The molecule has 122 valence electrons. The molecule has 1 aliphatic rings. The van der Waals surface area contributed by atoms with E-state index in [1.807, 2.05) is 6.92 Å². The topological polar surface area (TPSA) is 69.7 Å². The number of sulfonamides is 1. The van der Waals surface area contributed by atoms with Crippen LogP contribution in [0.15, 0.2) is 24.3 Å². The zero-order valence-electron chi connectivity index (χ0n) is 13.1. The molecule has 0 aromatic heterocycles. The van der Waals surface area contributed by atoms with Gasteiger partial charge in [0.25, 0.3) is 0 Å². The van der Waals surface area contributed by atoms with E-state index in [4.69, 9.17) is 0 Å². The van der Waals surface area contributed by atoms with Crippen LogP contribution in [0.25, 0.3) is 0 Å². The molecule has 1 fully saturated rings. The molecule has 7 heteroatoms. The van der Waals surface area contributed by atoms with Gasteiger partial charge in [-0.25, -0.2) is 13.2 Å². The molecule has 6 nitrogen and oxygen atoms in total. The highest BCUT2D eigenvalue weighted by Crippen LogP contribution is 2.22. The number of rotatable bonds is 6. The van der Waals surface area contributed by atoms with Crippen LogP contribution in [0.3, 0.4) is 0 Å². The van der Waals surface area contributed by atoms with Gasteiger partial charge in [0.1, 0.15) is 0 Å². The SMILES string of the molecule is CCCCS(=O)(=O)Nc1ccc(N2CCCN(C)C2=O)cc1. The van der Waals surface area contributed by atoms with Gasteiger partial charge in [-0.2, -0.15) is 0 Å². The smallest absolute Gasteiger partial charge is 0.324 e. The lowest BCUT2D eigenvalue weighted by molar-refractivity contribution is 0.207. The Balaban J connectivity index is 2.06. The van der Waals surface area contributed by atoms with Crippen LogP contribution in [0.2, 0.25) is 0 Å². The van der Waals surface area contributed by atoms with E-state index in [-0.39, 0.29) is 11.8 Å². The molecule has 2 amide bonds. The molecule has 1 N–H and O–H groups in total. The van der Waals surface area contributed by atoms with Crippen LogP contribution in [0.5, 0.6) is 0 Å². The van der Waals surface area contributed by atoms with E-state index in [2.05, 4.69) is 4.72 Å². The molecule has 0 saturated carbocycles. The van der Waals surface area contributed by atoms with Gasteiger partial charge in [0.05, 0.1) is 5.75 Å². The first-order valence-electron chi connectivity index (χ1n) is 7.56. The summed E-state index contributed by atoms with van der Waals surface area (Å²) < 4.78 is 26.3. The molecule has 2 rings (SSSR count). The van der Waals surface area contributed by atoms with Crippen molar-refractivity contribution < 1.29 is 13.2 Å². The summed E-state index contributed by atoms with van der Waals surface area (Å²) in [5, 5.41) is 0. The highest BCUT2D eigenvalue weighted by atomic mass is 32.2. The lowest BCUT2D eigenvalue weighted by Gasteiger charge is -2.33. The van der Waals surface area contributed by atoms with Gasteiger partial charge in [-0.1, -0.05) is 13.3 Å². The lowest BCUT2D eigenvalue weighted by Crippen LogP contribution is -2.47. The summed E-state index contributed by atoms with van der Waals surface area (Å²) in [7, 11) is -1.51. The quantitative estimate of drug-likeness (QED) is 0.873. The number of amides is 2. The normalized spacial score (nSPS) is 16.0. The molecular weight excluding hydrogens is 302 g/mol. The van der Waals surface area contributed by atoms with Crippen LogP contribution in [0, 0.1) is 0 Å². The molecule has 1 aliphatic heterocycles. The average molecular weight is 325 g/mol. The maximum atomic E-state index is 12.1. The molecule has 1 aromatic rings. The van der Waals surface area contributed by atoms with Gasteiger partial charge in [-0.3, -0.25) is 9.62 Å². The van der Waals surface area contributed by atoms with Gasteiger partial charge < -0.3 is 4.90 Å². The van der Waals surface area contributed by atoms with E-state index < -0.39 is 10.0 Å². The standard InChI is InChI=1S/C15H23N3O3S/c1-3-4-12-22(20,21)16-13-6-8-14(9-7-13)18-11-5-10-17(2)15(18)19/h6-9,16H,3-5,10-12H2,1-2H3. The molecule has 0 aliphatic carbocycles. The predicted octanol–water partition coefficient (Wildman–Crippen LogP) is 2.49. The molecule has 0 unspecified atom stereocenters. The van der Waals surface area contributed by atoms with Crippen LogP contribution >= 0.6 is 0 Å². The zero-order valence-corrected chi connectivity index (χ0v) is 13.9. The van der Waals surface area contributed by atoms with Crippen molar-refractivity contribution in [3.8, 4) is 0 Å². The fourth-order valence-corrected chi connectivity index (χ4v) is 3.64. The first kappa shape index (κ1) is 16.6. The molecular formula is C15H23N3O3S. The molecule has 1 aromatic carbocycles. The highest BCUT2D eigenvalue weighted by molar-refractivity contribution is 7.92. The van der Waals surface area contributed by atoms with Crippen molar-refractivity contribution in [2.75, 3.05) is 35.5 Å². The molecule has 1 heterocycles. The third kappa shape index (κ3) is 4.13. The van der Waals surface area contributed by atoms with Gasteiger partial charge in [-0.15, -0.1) is 0 Å². The summed E-state index contributed by atoms with van der Waals surface area (Å²) in [6.45, 7) is 3.41. The summed E-state index contributed by atoms with van der Waals surface area (Å²) in [4.78, 5) is 15.5. The number of nitrogens with zero attached hydrogens (tertiary/aromatic N) is 2. The van der Waals surface area contributed by atoms with Crippen LogP contribution in [-0.2, 0) is 10.0 Å². The number of urea groups is 1. The molecule has 0 radical (unpaired) electrons. The fourth-order valence-electron chi connectivity index (χ4n) is 2.38. The summed E-state index contributed by atoms with van der Waals surface area (Å²) >= 11 is 0. The second kappa shape index (κ2) is 7.00. The Hall–Kier alpha value is -1.76. The Labute approximate surface area is 132 Å². The lowest BCUT2D eigenvalue weighted by atomic mass is 10.2. The number of anilines is 2. The maximum absolute atomic E-state index is 12.1. The third-order valence-electron chi connectivity index (χ3n) is 3.65. The Kier molecular flexibility index (Phi) is 5.28. The van der Waals surface area contributed by atoms with Gasteiger partial charge in [0.15, 0.2) is 0 Å². The number of carbonyl (C=O) groups excluding carboxylic acids is 1. The van der Waals surface area contributed by atoms with E-state index in [0.29, 0.717) is 18.7 Å². The fraction of sp³-hybridized carbons (Fsp3) is 0.533. The largest absolute Gasteiger partial charge is 0.327 e. The molecule has 0 bridgehead atoms. The summed E-state index contributed by atoms with van der Waals surface area (Å²) in [5.74, 6) is 0.126. The van der Waals surface area contributed by atoms with Crippen LogP contribution in [-0.4, -0.2) is 45.2 Å². The van der Waals surface area contributed by atoms with Gasteiger partial charge in [0, 0.05) is 31.5 Å². The minimum Gasteiger partial charge on any atom is -0.327 e. The molecule has 1 saturated heterocycles. The van der Waals surface area contributed by atoms with Gasteiger partial charge in [0.2, 0.25) is 10.0 Å². The second-order valence-corrected chi connectivity index (χ2v) is 7.37. The first-order valence-corrected chi connectivity index (χ1v) is 9.21. The van der Waals surface area contributed by atoms with Crippen molar-refractivity contribution in [1.29, 1.82) is 0 Å². The van der Waals surface area contributed by atoms with Crippen molar-refractivity contribution in [1.82, 2.24) is 4.90 Å². The van der Waals surface area contributed by atoms with Gasteiger partial charge >= 0.3 is 6.03 Å². The van der Waals surface area contributed by atoms with Gasteiger partial charge in [-0.05, 0) is 37.1 Å². The Morgan fingerprint density at radius 2 is 1.86 bits per heavy atom. The molecule has 0 spiro atoms. The van der Waals surface area contributed by atoms with Crippen molar-refractivity contribution in [3.05, 3.63) is 24.3 Å². The third-order valence-corrected chi connectivity index (χ3v) is 5.02. The van der Waals surface area contributed by atoms with Crippen molar-refractivity contribution >= 4 is 27.4 Å². The minimum absolute atomic E-state index is 0.0254. The molecule has 22 heavy (non-hydrogen) atoms. The van der Waals surface area contributed by atoms with Crippen molar-refractivity contribution in [2.24, 2.45) is 0 Å². The number of hydrogen-bond donors (Lipinski definition) is 1. The zero-order chi connectivity index (χ0) is 16.2.